The van der Waals surface area contributed by atoms with Gasteiger partial charge in [0.2, 0.25) is 0 Å². The maximum Gasteiger partial charge on any atom is 0.305 e. The predicted molar refractivity (Wildman–Crippen MR) is 83.6 cm³/mol. The molecule has 0 bridgehead atoms. The monoisotopic (exact) mass is 305 g/mol. The summed E-state index contributed by atoms with van der Waals surface area (Å²) >= 11 is 1.56. The number of hydrogen-bond donors (Lipinski definition) is 3. The molecule has 0 radical (unpaired) electrons. The van der Waals surface area contributed by atoms with Crippen molar-refractivity contribution in [3.63, 3.8) is 0 Å². The standard InChI is InChI=1S/C16H19NO3S/c1-2-13(11-5-7-12(18)8-6-11)17-14(10-16(19)20)15-4-3-9-21-15/h3-9,13-14,17-18H,2,10H2,1H3,(H,19,20). The van der Waals surface area contributed by atoms with Crippen molar-refractivity contribution in [1.29, 1.82) is 0 Å². The van der Waals surface area contributed by atoms with E-state index in [1.807, 2.05) is 29.6 Å². The summed E-state index contributed by atoms with van der Waals surface area (Å²) in [7, 11) is 0. The molecular formula is C16H19NO3S. The first-order valence-corrected chi connectivity index (χ1v) is 7.78. The fraction of sp³-hybridized carbons (Fsp3) is 0.312. The van der Waals surface area contributed by atoms with Gasteiger partial charge in [-0.1, -0.05) is 25.1 Å². The first-order valence-electron chi connectivity index (χ1n) is 6.90. The zero-order valence-corrected chi connectivity index (χ0v) is 12.6. The maximum atomic E-state index is 11.1. The SMILES string of the molecule is CCC(NC(CC(=O)O)c1cccs1)c1ccc(O)cc1. The molecule has 0 saturated heterocycles. The lowest BCUT2D eigenvalue weighted by Crippen LogP contribution is -2.27. The van der Waals surface area contributed by atoms with Crippen molar-refractivity contribution in [2.45, 2.75) is 31.8 Å². The maximum absolute atomic E-state index is 11.1. The summed E-state index contributed by atoms with van der Waals surface area (Å²) in [6, 6.07) is 10.8. The van der Waals surface area contributed by atoms with Crippen molar-refractivity contribution in [2.24, 2.45) is 0 Å². The van der Waals surface area contributed by atoms with Gasteiger partial charge in [-0.2, -0.15) is 0 Å². The molecule has 21 heavy (non-hydrogen) atoms. The highest BCUT2D eigenvalue weighted by Crippen LogP contribution is 2.28. The highest BCUT2D eigenvalue weighted by Gasteiger charge is 2.20. The van der Waals surface area contributed by atoms with E-state index in [0.29, 0.717) is 0 Å². The van der Waals surface area contributed by atoms with Crippen LogP contribution in [0, 0.1) is 0 Å². The second kappa shape index (κ2) is 7.24. The zero-order valence-electron chi connectivity index (χ0n) is 11.8. The Kier molecular flexibility index (Phi) is 5.36. The average molecular weight is 305 g/mol. The molecule has 2 aromatic rings. The Labute approximate surface area is 128 Å². The molecular weight excluding hydrogens is 286 g/mol. The first kappa shape index (κ1) is 15.5. The van der Waals surface area contributed by atoms with Crippen LogP contribution in [0.25, 0.3) is 0 Å². The minimum Gasteiger partial charge on any atom is -0.508 e. The van der Waals surface area contributed by atoms with Crippen LogP contribution in [0.4, 0.5) is 0 Å². The molecule has 0 amide bonds. The smallest absolute Gasteiger partial charge is 0.305 e. The number of carbonyl (C=O) groups is 1. The lowest BCUT2D eigenvalue weighted by molar-refractivity contribution is -0.137. The van der Waals surface area contributed by atoms with Crippen molar-refractivity contribution in [3.05, 3.63) is 52.2 Å². The van der Waals surface area contributed by atoms with E-state index in [1.54, 1.807) is 23.5 Å². The Morgan fingerprint density at radius 3 is 2.48 bits per heavy atom. The summed E-state index contributed by atoms with van der Waals surface area (Å²) < 4.78 is 0. The van der Waals surface area contributed by atoms with Crippen LogP contribution in [0.5, 0.6) is 5.75 Å². The van der Waals surface area contributed by atoms with Crippen molar-refractivity contribution in [2.75, 3.05) is 0 Å². The molecule has 1 heterocycles. The van der Waals surface area contributed by atoms with Crippen molar-refractivity contribution in [3.8, 4) is 5.75 Å². The average Bonchev–Trinajstić information content (AvgIpc) is 2.98. The minimum atomic E-state index is -0.818. The number of rotatable bonds is 7. The molecule has 0 fully saturated rings. The zero-order chi connectivity index (χ0) is 15.2. The van der Waals surface area contributed by atoms with Gasteiger partial charge in [0, 0.05) is 10.9 Å². The number of phenolic OH excluding ortho intramolecular Hbond substituents is 1. The van der Waals surface area contributed by atoms with E-state index in [4.69, 9.17) is 5.11 Å². The largest absolute Gasteiger partial charge is 0.508 e. The number of carboxylic acids is 1. The lowest BCUT2D eigenvalue weighted by atomic mass is 10.0. The summed E-state index contributed by atoms with van der Waals surface area (Å²) in [5, 5.41) is 23.8. The van der Waals surface area contributed by atoms with E-state index in [2.05, 4.69) is 12.2 Å². The quantitative estimate of drug-likeness (QED) is 0.729. The van der Waals surface area contributed by atoms with E-state index in [0.717, 1.165) is 16.9 Å². The number of thiophene rings is 1. The molecule has 0 aliphatic heterocycles. The Bertz CT molecular complexity index is 566. The summed E-state index contributed by atoms with van der Waals surface area (Å²) in [5.74, 6) is -0.588. The van der Waals surface area contributed by atoms with E-state index >= 15 is 0 Å². The van der Waals surface area contributed by atoms with Crippen LogP contribution in [0.15, 0.2) is 41.8 Å². The van der Waals surface area contributed by atoms with Gasteiger partial charge in [-0.25, -0.2) is 0 Å². The van der Waals surface area contributed by atoms with Crippen LogP contribution in [0.3, 0.4) is 0 Å². The highest BCUT2D eigenvalue weighted by atomic mass is 32.1. The Morgan fingerprint density at radius 2 is 1.95 bits per heavy atom. The van der Waals surface area contributed by atoms with E-state index in [9.17, 15) is 9.90 Å². The highest BCUT2D eigenvalue weighted by molar-refractivity contribution is 7.10. The normalized spacial score (nSPS) is 13.8. The molecule has 0 aliphatic rings. The van der Waals surface area contributed by atoms with Gasteiger partial charge in [0.1, 0.15) is 5.75 Å². The number of hydrogen-bond acceptors (Lipinski definition) is 4. The summed E-state index contributed by atoms with van der Waals surface area (Å²) in [6.45, 7) is 2.05. The number of aliphatic carboxylic acids is 1. The van der Waals surface area contributed by atoms with Gasteiger partial charge in [0.05, 0.1) is 12.5 Å². The molecule has 1 aromatic carbocycles. The summed E-state index contributed by atoms with van der Waals surface area (Å²) in [6.07, 6.45) is 0.890. The van der Waals surface area contributed by atoms with Crippen molar-refractivity contribution in [1.82, 2.24) is 5.32 Å². The Hall–Kier alpha value is -1.85. The van der Waals surface area contributed by atoms with Crippen molar-refractivity contribution >= 4 is 17.3 Å². The van der Waals surface area contributed by atoms with Gasteiger partial charge in [-0.15, -0.1) is 11.3 Å². The summed E-state index contributed by atoms with van der Waals surface area (Å²) in [5.41, 5.74) is 1.04. The van der Waals surface area contributed by atoms with Crippen LogP contribution >= 0.6 is 11.3 Å². The fourth-order valence-corrected chi connectivity index (χ4v) is 3.09. The Morgan fingerprint density at radius 1 is 1.24 bits per heavy atom. The number of aromatic hydroxyl groups is 1. The van der Waals surface area contributed by atoms with Gasteiger partial charge in [-0.3, -0.25) is 4.79 Å². The van der Waals surface area contributed by atoms with Gasteiger partial charge in [0.15, 0.2) is 0 Å². The number of carboxylic acid groups (broad SMARTS) is 1. The van der Waals surface area contributed by atoms with E-state index in [-0.39, 0.29) is 24.3 Å². The van der Waals surface area contributed by atoms with Gasteiger partial charge >= 0.3 is 5.97 Å². The van der Waals surface area contributed by atoms with Crippen LogP contribution in [-0.2, 0) is 4.79 Å². The van der Waals surface area contributed by atoms with Gasteiger partial charge in [0.25, 0.3) is 0 Å². The van der Waals surface area contributed by atoms with Gasteiger partial charge in [-0.05, 0) is 35.6 Å². The van der Waals surface area contributed by atoms with Crippen LogP contribution < -0.4 is 5.32 Å². The lowest BCUT2D eigenvalue weighted by Gasteiger charge is -2.24. The van der Waals surface area contributed by atoms with E-state index in [1.165, 1.54) is 0 Å². The molecule has 2 atom stereocenters. The number of nitrogens with one attached hydrogen (secondary N) is 1. The summed E-state index contributed by atoms with van der Waals surface area (Å²) in [4.78, 5) is 12.1. The van der Waals surface area contributed by atoms with Crippen LogP contribution in [-0.4, -0.2) is 16.2 Å². The second-order valence-electron chi connectivity index (χ2n) is 4.88. The van der Waals surface area contributed by atoms with Crippen LogP contribution in [0.2, 0.25) is 0 Å². The van der Waals surface area contributed by atoms with E-state index < -0.39 is 5.97 Å². The molecule has 2 unspecified atom stereocenters. The van der Waals surface area contributed by atoms with Crippen LogP contribution in [0.1, 0.15) is 42.3 Å². The molecule has 1 aromatic heterocycles. The molecule has 5 heteroatoms. The molecule has 3 N–H and O–H groups in total. The fourth-order valence-electron chi connectivity index (χ4n) is 2.31. The third kappa shape index (κ3) is 4.31. The molecule has 112 valence electrons. The first-order chi connectivity index (χ1) is 10.1. The minimum absolute atomic E-state index is 0.0507. The molecule has 0 saturated carbocycles. The third-order valence-corrected chi connectivity index (χ3v) is 4.36. The number of benzene rings is 1. The Balaban J connectivity index is 2.16. The third-order valence-electron chi connectivity index (χ3n) is 3.37. The van der Waals surface area contributed by atoms with Crippen molar-refractivity contribution < 1.29 is 15.0 Å². The van der Waals surface area contributed by atoms with Gasteiger partial charge < -0.3 is 15.5 Å². The molecule has 0 spiro atoms. The molecule has 2 rings (SSSR count). The molecule has 0 aliphatic carbocycles. The second-order valence-corrected chi connectivity index (χ2v) is 5.86. The number of phenols is 1. The molecule has 4 nitrogen and oxygen atoms in total. The topological polar surface area (TPSA) is 69.6 Å². The predicted octanol–water partition coefficient (Wildman–Crippen LogP) is 3.71.